The van der Waals surface area contributed by atoms with Gasteiger partial charge in [-0.05, 0) is 15.9 Å². The van der Waals surface area contributed by atoms with Crippen molar-refractivity contribution in [1.29, 1.82) is 0 Å². The van der Waals surface area contributed by atoms with E-state index in [-0.39, 0.29) is 0 Å². The van der Waals surface area contributed by atoms with Gasteiger partial charge in [-0.25, -0.2) is 4.39 Å². The van der Waals surface area contributed by atoms with Crippen molar-refractivity contribution in [2.24, 2.45) is 0 Å². The smallest absolute Gasteiger partial charge is 0.400 e. The first kappa shape index (κ1) is 13.5. The number of nitrogen functional groups attached to an aromatic ring is 1. The summed E-state index contributed by atoms with van der Waals surface area (Å²) in [5.74, 6) is -2.90. The molecule has 0 aliphatic rings. The van der Waals surface area contributed by atoms with Crippen LogP contribution in [0.5, 0.6) is 5.75 Å². The fourth-order valence-electron chi connectivity index (χ4n) is 0.971. The molecule has 1 aromatic rings. The maximum absolute atomic E-state index is 13.3. The summed E-state index contributed by atoms with van der Waals surface area (Å²) in [5, 5.41) is 10.4. The molecule has 1 rings (SSSR count). The van der Waals surface area contributed by atoms with Gasteiger partial charge >= 0.3 is 6.36 Å². The Morgan fingerprint density at radius 2 is 2.00 bits per heavy atom. The van der Waals surface area contributed by atoms with Gasteiger partial charge in [0.2, 0.25) is 0 Å². The predicted molar refractivity (Wildman–Crippen MR) is 51.8 cm³/mol. The predicted octanol–water partition coefficient (Wildman–Crippen LogP) is 2.98. The van der Waals surface area contributed by atoms with Crippen LogP contribution >= 0.6 is 15.9 Å². The first-order valence-electron chi connectivity index (χ1n) is 3.81. The second-order valence-electron chi connectivity index (χ2n) is 2.74. The lowest BCUT2D eigenvalue weighted by atomic mass is 10.2. The van der Waals surface area contributed by atoms with E-state index in [0.717, 1.165) is 0 Å². The minimum Gasteiger partial charge on any atom is -0.400 e. The molecule has 0 fully saturated rings. The SMILES string of the molecule is Nc1c([N+](=O)[O-])cc(Br)c(F)c1OC(F)(F)F. The molecule has 0 aromatic heterocycles. The molecule has 0 atom stereocenters. The Morgan fingerprint density at radius 3 is 2.41 bits per heavy atom. The van der Waals surface area contributed by atoms with Crippen LogP contribution in [0.2, 0.25) is 0 Å². The van der Waals surface area contributed by atoms with Crippen LogP contribution in [-0.2, 0) is 0 Å². The van der Waals surface area contributed by atoms with Crippen LogP contribution in [0.4, 0.5) is 28.9 Å². The van der Waals surface area contributed by atoms with Gasteiger partial charge in [0.1, 0.15) is 0 Å². The number of alkyl halides is 3. The molecule has 0 saturated heterocycles. The number of hydrogen-bond donors (Lipinski definition) is 1. The van der Waals surface area contributed by atoms with Gasteiger partial charge < -0.3 is 10.5 Å². The van der Waals surface area contributed by atoms with E-state index in [1.165, 1.54) is 0 Å². The summed E-state index contributed by atoms with van der Waals surface area (Å²) in [5.41, 5.74) is 3.11. The fraction of sp³-hybridized carbons (Fsp3) is 0.143. The van der Waals surface area contributed by atoms with Crippen LogP contribution in [0.15, 0.2) is 10.5 Å². The van der Waals surface area contributed by atoms with Gasteiger partial charge in [0.15, 0.2) is 17.3 Å². The van der Waals surface area contributed by atoms with E-state index < -0.39 is 38.7 Å². The molecule has 0 aliphatic carbocycles. The van der Waals surface area contributed by atoms with Crippen LogP contribution in [0.1, 0.15) is 0 Å². The van der Waals surface area contributed by atoms with Crippen molar-refractivity contribution < 1.29 is 27.2 Å². The summed E-state index contributed by atoms with van der Waals surface area (Å²) in [6.45, 7) is 0. The topological polar surface area (TPSA) is 78.4 Å². The quantitative estimate of drug-likeness (QED) is 0.393. The Balaban J connectivity index is 3.42. The number of hydrogen-bond acceptors (Lipinski definition) is 4. The molecular formula is C7H3BrF4N2O3. The molecule has 0 unspecified atom stereocenters. The Bertz CT molecular complexity index is 477. The molecule has 5 nitrogen and oxygen atoms in total. The van der Waals surface area contributed by atoms with Crippen molar-refractivity contribution in [3.63, 3.8) is 0 Å². The van der Waals surface area contributed by atoms with E-state index in [4.69, 9.17) is 5.73 Å². The van der Waals surface area contributed by atoms with Gasteiger partial charge in [-0.3, -0.25) is 10.1 Å². The number of ether oxygens (including phenoxy) is 1. The first-order chi connectivity index (χ1) is 7.63. The number of rotatable bonds is 2. The van der Waals surface area contributed by atoms with Crippen LogP contribution in [0, 0.1) is 15.9 Å². The average molecular weight is 319 g/mol. The number of nitrogens with two attached hydrogens (primary N) is 1. The van der Waals surface area contributed by atoms with E-state index in [1.54, 1.807) is 0 Å². The second-order valence-corrected chi connectivity index (χ2v) is 3.59. The lowest BCUT2D eigenvalue weighted by molar-refractivity contribution is -0.384. The van der Waals surface area contributed by atoms with E-state index in [2.05, 4.69) is 20.7 Å². The van der Waals surface area contributed by atoms with Crippen molar-refractivity contribution in [3.8, 4) is 5.75 Å². The van der Waals surface area contributed by atoms with Gasteiger partial charge in [-0.15, -0.1) is 13.2 Å². The third kappa shape index (κ3) is 2.96. The van der Waals surface area contributed by atoms with Crippen LogP contribution in [-0.4, -0.2) is 11.3 Å². The molecule has 0 bridgehead atoms. The molecule has 94 valence electrons. The largest absolute Gasteiger partial charge is 0.573 e. The van der Waals surface area contributed by atoms with Gasteiger partial charge in [0, 0.05) is 6.07 Å². The van der Waals surface area contributed by atoms with Gasteiger partial charge in [0.05, 0.1) is 9.40 Å². The fourth-order valence-corrected chi connectivity index (χ4v) is 1.37. The highest BCUT2D eigenvalue weighted by molar-refractivity contribution is 9.10. The van der Waals surface area contributed by atoms with Crippen LogP contribution in [0.25, 0.3) is 0 Å². The average Bonchev–Trinajstić information content (AvgIpc) is 2.16. The highest BCUT2D eigenvalue weighted by atomic mass is 79.9. The summed E-state index contributed by atoms with van der Waals surface area (Å²) >= 11 is 2.52. The highest BCUT2D eigenvalue weighted by Gasteiger charge is 2.36. The van der Waals surface area contributed by atoms with E-state index >= 15 is 0 Å². The number of halogens is 5. The van der Waals surface area contributed by atoms with Crippen molar-refractivity contribution in [2.75, 3.05) is 5.73 Å². The molecular weight excluding hydrogens is 316 g/mol. The summed E-state index contributed by atoms with van der Waals surface area (Å²) < 4.78 is 51.8. The Morgan fingerprint density at radius 1 is 1.47 bits per heavy atom. The maximum Gasteiger partial charge on any atom is 0.573 e. The van der Waals surface area contributed by atoms with Crippen LogP contribution < -0.4 is 10.5 Å². The van der Waals surface area contributed by atoms with Gasteiger partial charge in [-0.2, -0.15) is 0 Å². The minimum absolute atomic E-state index is 0.558. The first-order valence-corrected chi connectivity index (χ1v) is 4.60. The molecule has 2 N–H and O–H groups in total. The molecule has 0 spiro atoms. The zero-order valence-corrected chi connectivity index (χ0v) is 9.30. The lowest BCUT2D eigenvalue weighted by Gasteiger charge is -2.12. The van der Waals surface area contributed by atoms with Gasteiger partial charge in [0.25, 0.3) is 5.69 Å². The van der Waals surface area contributed by atoms with Crippen molar-refractivity contribution in [1.82, 2.24) is 0 Å². The van der Waals surface area contributed by atoms with E-state index in [9.17, 15) is 27.7 Å². The van der Waals surface area contributed by atoms with E-state index in [0.29, 0.717) is 6.07 Å². The standard InChI is InChI=1S/C7H3BrF4N2O3/c8-2-1-3(14(15)16)5(13)6(4(2)9)17-7(10,11)12/h1H,13H2. The summed E-state index contributed by atoms with van der Waals surface area (Å²) in [7, 11) is 0. The third-order valence-corrected chi connectivity index (χ3v) is 2.18. The lowest BCUT2D eigenvalue weighted by Crippen LogP contribution is -2.19. The normalized spacial score (nSPS) is 11.4. The Hall–Kier alpha value is -1.58. The van der Waals surface area contributed by atoms with Crippen LogP contribution in [0.3, 0.4) is 0 Å². The molecule has 0 aliphatic heterocycles. The zero-order chi connectivity index (χ0) is 13.4. The minimum atomic E-state index is -5.20. The van der Waals surface area contributed by atoms with E-state index in [1.807, 2.05) is 0 Å². The number of benzene rings is 1. The molecule has 0 saturated carbocycles. The summed E-state index contributed by atoms with van der Waals surface area (Å²) in [6, 6.07) is 0.647. The Kier molecular flexibility index (Phi) is 3.45. The number of nitro benzene ring substituents is 1. The number of nitro groups is 1. The summed E-state index contributed by atoms with van der Waals surface area (Å²) in [6.07, 6.45) is -5.20. The Labute approximate surface area is 99.4 Å². The molecule has 10 heteroatoms. The molecule has 17 heavy (non-hydrogen) atoms. The van der Waals surface area contributed by atoms with Gasteiger partial charge in [-0.1, -0.05) is 0 Å². The highest BCUT2D eigenvalue weighted by Crippen LogP contribution is 2.40. The molecule has 0 radical (unpaired) electrons. The molecule has 0 heterocycles. The number of nitrogens with zero attached hydrogens (tertiary/aromatic N) is 1. The molecule has 0 amide bonds. The number of anilines is 1. The van der Waals surface area contributed by atoms with Crippen molar-refractivity contribution in [3.05, 3.63) is 26.5 Å². The third-order valence-electron chi connectivity index (χ3n) is 1.61. The maximum atomic E-state index is 13.3. The zero-order valence-electron chi connectivity index (χ0n) is 7.72. The summed E-state index contributed by atoms with van der Waals surface area (Å²) in [4.78, 5) is 9.40. The second kappa shape index (κ2) is 4.35. The monoisotopic (exact) mass is 318 g/mol. The van der Waals surface area contributed by atoms with Crippen molar-refractivity contribution >= 4 is 27.3 Å². The molecule has 1 aromatic carbocycles. The van der Waals surface area contributed by atoms with Crippen molar-refractivity contribution in [2.45, 2.75) is 6.36 Å².